The van der Waals surface area contributed by atoms with E-state index in [9.17, 15) is 8.78 Å². The average molecular weight is 136 g/mol. The van der Waals surface area contributed by atoms with Crippen LogP contribution in [0.1, 0.15) is 0 Å². The molecule has 2 nitrogen and oxygen atoms in total. The van der Waals surface area contributed by atoms with E-state index in [0.29, 0.717) is 5.70 Å². The highest BCUT2D eigenvalue weighted by atomic mass is 19.3. The molecule has 0 fully saturated rings. The molecule has 0 unspecified atom stereocenters. The van der Waals surface area contributed by atoms with Crippen molar-refractivity contribution >= 4 is 0 Å². The third-order valence-corrected chi connectivity index (χ3v) is 0.651. The first-order valence-electron chi connectivity index (χ1n) is 2.55. The fraction of sp³-hybridized carbons (Fsp3) is 0.600. The van der Waals surface area contributed by atoms with Gasteiger partial charge in [-0.25, -0.2) is 8.78 Å². The van der Waals surface area contributed by atoms with Crippen LogP contribution in [0.4, 0.5) is 8.78 Å². The van der Waals surface area contributed by atoms with Crippen LogP contribution in [0.3, 0.4) is 0 Å². The molecule has 0 amide bonds. The first-order valence-corrected chi connectivity index (χ1v) is 2.55. The van der Waals surface area contributed by atoms with E-state index in [1.54, 1.807) is 0 Å². The molecule has 0 rings (SSSR count). The van der Waals surface area contributed by atoms with Crippen molar-refractivity contribution in [1.82, 2.24) is 5.32 Å². The van der Waals surface area contributed by atoms with Crippen LogP contribution in [0.15, 0.2) is 12.3 Å². The van der Waals surface area contributed by atoms with Gasteiger partial charge in [0, 0.05) is 12.2 Å². The van der Waals surface area contributed by atoms with Crippen molar-refractivity contribution in [2.75, 3.05) is 13.1 Å². The molecule has 0 saturated carbocycles. The predicted molar refractivity (Wildman–Crippen MR) is 32.2 cm³/mol. The molecular weight excluding hydrogens is 126 g/mol. The highest BCUT2D eigenvalue weighted by molar-refractivity contribution is 4.88. The van der Waals surface area contributed by atoms with Gasteiger partial charge in [-0.15, -0.1) is 0 Å². The van der Waals surface area contributed by atoms with Crippen molar-refractivity contribution in [2.45, 2.75) is 6.43 Å². The standard InChI is InChI=1S/C5H10F2N2/c1-4(8)2-9-3-5(6)7/h5,9H,1-3,8H2. The molecule has 0 spiro atoms. The molecule has 0 bridgehead atoms. The molecule has 0 aliphatic rings. The molecule has 9 heavy (non-hydrogen) atoms. The number of nitrogens with one attached hydrogen (secondary N) is 1. The Morgan fingerprint density at radius 2 is 2.22 bits per heavy atom. The summed E-state index contributed by atoms with van der Waals surface area (Å²) in [4.78, 5) is 0. The maximum atomic E-state index is 11.4. The van der Waals surface area contributed by atoms with E-state index in [1.807, 2.05) is 0 Å². The van der Waals surface area contributed by atoms with E-state index in [4.69, 9.17) is 5.73 Å². The van der Waals surface area contributed by atoms with Gasteiger partial charge in [-0.05, 0) is 0 Å². The van der Waals surface area contributed by atoms with E-state index in [-0.39, 0.29) is 13.1 Å². The maximum absolute atomic E-state index is 11.4. The van der Waals surface area contributed by atoms with Crippen molar-refractivity contribution in [3.05, 3.63) is 12.3 Å². The Labute approximate surface area is 52.7 Å². The van der Waals surface area contributed by atoms with Crippen LogP contribution in [-0.2, 0) is 0 Å². The third-order valence-electron chi connectivity index (χ3n) is 0.651. The van der Waals surface area contributed by atoms with Crippen LogP contribution >= 0.6 is 0 Å². The molecular formula is C5H10F2N2. The number of alkyl halides is 2. The second-order valence-electron chi connectivity index (χ2n) is 1.68. The van der Waals surface area contributed by atoms with Crippen LogP contribution in [0.5, 0.6) is 0 Å². The van der Waals surface area contributed by atoms with Gasteiger partial charge in [0.2, 0.25) is 0 Å². The normalized spacial score (nSPS) is 10.1. The zero-order chi connectivity index (χ0) is 7.28. The number of halogens is 2. The minimum atomic E-state index is -2.32. The summed E-state index contributed by atoms with van der Waals surface area (Å²) >= 11 is 0. The molecule has 4 heteroatoms. The van der Waals surface area contributed by atoms with Gasteiger partial charge in [-0.1, -0.05) is 6.58 Å². The summed E-state index contributed by atoms with van der Waals surface area (Å²) in [5, 5.41) is 2.41. The minimum Gasteiger partial charge on any atom is -0.401 e. The Bertz CT molecular complexity index is 93.0. The van der Waals surface area contributed by atoms with Crippen molar-refractivity contribution in [2.24, 2.45) is 5.73 Å². The molecule has 0 radical (unpaired) electrons. The molecule has 0 aliphatic heterocycles. The number of hydrogen-bond acceptors (Lipinski definition) is 2. The smallest absolute Gasteiger partial charge is 0.250 e. The van der Waals surface area contributed by atoms with E-state index >= 15 is 0 Å². The summed E-state index contributed by atoms with van der Waals surface area (Å²) in [5.74, 6) is 0. The highest BCUT2D eigenvalue weighted by Gasteiger charge is 1.98. The monoisotopic (exact) mass is 136 g/mol. The first kappa shape index (κ1) is 8.36. The zero-order valence-corrected chi connectivity index (χ0v) is 5.03. The lowest BCUT2D eigenvalue weighted by molar-refractivity contribution is 0.147. The lowest BCUT2D eigenvalue weighted by atomic mass is 10.5. The topological polar surface area (TPSA) is 38.0 Å². The second-order valence-corrected chi connectivity index (χ2v) is 1.68. The molecule has 0 aromatic heterocycles. The predicted octanol–water partition coefficient (Wildman–Crippen LogP) is 0.313. The Morgan fingerprint density at radius 3 is 2.56 bits per heavy atom. The summed E-state index contributed by atoms with van der Waals surface area (Å²) in [6, 6.07) is 0. The first-order chi connectivity index (χ1) is 4.13. The zero-order valence-electron chi connectivity index (χ0n) is 5.03. The number of rotatable bonds is 4. The van der Waals surface area contributed by atoms with E-state index in [0.717, 1.165) is 0 Å². The fourth-order valence-corrected chi connectivity index (χ4v) is 0.342. The average Bonchev–Trinajstić information content (AvgIpc) is 1.63. The molecule has 0 aromatic carbocycles. The summed E-state index contributed by atoms with van der Waals surface area (Å²) in [6.45, 7) is 3.25. The third kappa shape index (κ3) is 7.36. The van der Waals surface area contributed by atoms with Gasteiger partial charge in [0.1, 0.15) is 0 Å². The number of nitrogens with two attached hydrogens (primary N) is 1. The van der Waals surface area contributed by atoms with Gasteiger partial charge in [-0.3, -0.25) is 0 Å². The molecule has 3 N–H and O–H groups in total. The number of hydrogen-bond donors (Lipinski definition) is 2. The Balaban J connectivity index is 3.01. The minimum absolute atomic E-state index is 0.254. The molecule has 0 aromatic rings. The van der Waals surface area contributed by atoms with Gasteiger partial charge in [0.25, 0.3) is 6.43 Å². The van der Waals surface area contributed by atoms with Gasteiger partial charge in [0.15, 0.2) is 0 Å². The molecule has 0 saturated heterocycles. The fourth-order valence-electron chi connectivity index (χ4n) is 0.342. The van der Waals surface area contributed by atoms with Crippen LogP contribution < -0.4 is 11.1 Å². The summed E-state index contributed by atoms with van der Waals surface area (Å²) < 4.78 is 22.7. The van der Waals surface area contributed by atoms with E-state index < -0.39 is 6.43 Å². The van der Waals surface area contributed by atoms with Crippen LogP contribution in [0.25, 0.3) is 0 Å². The summed E-state index contributed by atoms with van der Waals surface area (Å²) in [7, 11) is 0. The van der Waals surface area contributed by atoms with Gasteiger partial charge < -0.3 is 11.1 Å². The van der Waals surface area contributed by atoms with E-state index in [2.05, 4.69) is 11.9 Å². The lowest BCUT2D eigenvalue weighted by Gasteiger charge is -2.01. The Morgan fingerprint density at radius 1 is 1.67 bits per heavy atom. The summed E-state index contributed by atoms with van der Waals surface area (Å²) in [5.41, 5.74) is 5.45. The second kappa shape index (κ2) is 4.26. The van der Waals surface area contributed by atoms with Crippen LogP contribution in [-0.4, -0.2) is 19.5 Å². The van der Waals surface area contributed by atoms with Gasteiger partial charge >= 0.3 is 0 Å². The van der Waals surface area contributed by atoms with Gasteiger partial charge in [-0.2, -0.15) is 0 Å². The van der Waals surface area contributed by atoms with Gasteiger partial charge in [0.05, 0.1) is 6.54 Å². The van der Waals surface area contributed by atoms with Crippen LogP contribution in [0, 0.1) is 0 Å². The van der Waals surface area contributed by atoms with Crippen molar-refractivity contribution in [3.8, 4) is 0 Å². The van der Waals surface area contributed by atoms with Crippen molar-refractivity contribution in [1.29, 1.82) is 0 Å². The highest BCUT2D eigenvalue weighted by Crippen LogP contribution is 1.87. The molecule has 0 heterocycles. The Kier molecular flexibility index (Phi) is 3.96. The van der Waals surface area contributed by atoms with Crippen molar-refractivity contribution in [3.63, 3.8) is 0 Å². The summed E-state index contributed by atoms with van der Waals surface area (Å²) in [6.07, 6.45) is -2.32. The molecule has 54 valence electrons. The quantitative estimate of drug-likeness (QED) is 0.583. The Hall–Kier alpha value is -0.640. The SMILES string of the molecule is C=C(N)CNCC(F)F. The van der Waals surface area contributed by atoms with Crippen LogP contribution in [0.2, 0.25) is 0 Å². The van der Waals surface area contributed by atoms with Crippen molar-refractivity contribution < 1.29 is 8.78 Å². The molecule has 0 atom stereocenters. The molecule has 0 aliphatic carbocycles. The maximum Gasteiger partial charge on any atom is 0.250 e. The lowest BCUT2D eigenvalue weighted by Crippen LogP contribution is -2.25. The largest absolute Gasteiger partial charge is 0.401 e. The van der Waals surface area contributed by atoms with E-state index in [1.165, 1.54) is 0 Å².